The number of aryl methyl sites for hydroxylation is 1. The molecule has 1 aromatic carbocycles. The van der Waals surface area contributed by atoms with E-state index in [1.807, 2.05) is 12.1 Å². The minimum absolute atomic E-state index is 0.0105. The molecule has 0 bridgehead atoms. The molecule has 1 aromatic rings. The van der Waals surface area contributed by atoms with E-state index in [0.29, 0.717) is 19.8 Å². The zero-order valence-corrected chi connectivity index (χ0v) is 13.7. The highest BCUT2D eigenvalue weighted by atomic mass is 16.5. The number of hydrogen-bond acceptors (Lipinski definition) is 4. The van der Waals surface area contributed by atoms with Crippen LogP contribution in [0.15, 0.2) is 18.2 Å². The summed E-state index contributed by atoms with van der Waals surface area (Å²) >= 11 is 0. The Morgan fingerprint density at radius 2 is 2.09 bits per heavy atom. The van der Waals surface area contributed by atoms with Crippen molar-refractivity contribution >= 4 is 5.91 Å². The lowest BCUT2D eigenvalue weighted by Gasteiger charge is -2.31. The molecule has 0 spiro atoms. The van der Waals surface area contributed by atoms with Crippen molar-refractivity contribution in [1.82, 2.24) is 5.32 Å². The standard InChI is InChI=1S/C18H26N2O3/c1-2-12-4-3-5-14-15(8-11-23-17(12)14)20-18(21)16(19)13-6-9-22-10-7-13/h3-5,13,15-16H,2,6-11,19H2,1H3,(H,20,21). The van der Waals surface area contributed by atoms with Gasteiger partial charge in [-0.25, -0.2) is 0 Å². The van der Waals surface area contributed by atoms with Crippen LogP contribution in [0.25, 0.3) is 0 Å². The first-order chi connectivity index (χ1) is 11.2. The molecule has 3 N–H and O–H groups in total. The molecule has 0 aromatic heterocycles. The number of para-hydroxylation sites is 1. The fourth-order valence-corrected chi connectivity index (χ4v) is 3.47. The van der Waals surface area contributed by atoms with Crippen molar-refractivity contribution in [3.8, 4) is 5.75 Å². The Morgan fingerprint density at radius 3 is 2.83 bits per heavy atom. The minimum Gasteiger partial charge on any atom is -0.493 e. The number of rotatable bonds is 4. The molecule has 2 heterocycles. The lowest BCUT2D eigenvalue weighted by molar-refractivity contribution is -0.125. The van der Waals surface area contributed by atoms with Crippen LogP contribution in [0, 0.1) is 5.92 Å². The van der Waals surface area contributed by atoms with E-state index < -0.39 is 6.04 Å². The van der Waals surface area contributed by atoms with E-state index in [1.165, 1.54) is 5.56 Å². The van der Waals surface area contributed by atoms with E-state index in [-0.39, 0.29) is 17.9 Å². The second kappa shape index (κ2) is 7.32. The summed E-state index contributed by atoms with van der Waals surface area (Å²) in [5.74, 6) is 1.09. The number of nitrogens with one attached hydrogen (secondary N) is 1. The van der Waals surface area contributed by atoms with Gasteiger partial charge in [0, 0.05) is 25.2 Å². The second-order valence-electron chi connectivity index (χ2n) is 6.36. The van der Waals surface area contributed by atoms with Crippen LogP contribution in [0.1, 0.15) is 43.4 Å². The summed E-state index contributed by atoms with van der Waals surface area (Å²) < 4.78 is 11.2. The number of ether oxygens (including phenoxy) is 2. The molecule has 126 valence electrons. The van der Waals surface area contributed by atoms with Crippen molar-refractivity contribution in [2.45, 2.75) is 44.7 Å². The van der Waals surface area contributed by atoms with Crippen LogP contribution in [0.4, 0.5) is 0 Å². The number of hydrogen-bond donors (Lipinski definition) is 2. The minimum atomic E-state index is -0.459. The fraction of sp³-hybridized carbons (Fsp3) is 0.611. The van der Waals surface area contributed by atoms with Gasteiger partial charge in [0.2, 0.25) is 5.91 Å². The van der Waals surface area contributed by atoms with E-state index in [4.69, 9.17) is 15.2 Å². The lowest BCUT2D eigenvalue weighted by Crippen LogP contribution is -2.48. The van der Waals surface area contributed by atoms with Gasteiger partial charge in [0.25, 0.3) is 0 Å². The Morgan fingerprint density at radius 1 is 1.30 bits per heavy atom. The number of nitrogens with two attached hydrogens (primary N) is 1. The van der Waals surface area contributed by atoms with Crippen LogP contribution in [0.2, 0.25) is 0 Å². The van der Waals surface area contributed by atoms with Crippen LogP contribution in [0.3, 0.4) is 0 Å². The summed E-state index contributed by atoms with van der Waals surface area (Å²) in [5.41, 5.74) is 8.45. The van der Waals surface area contributed by atoms with E-state index >= 15 is 0 Å². The van der Waals surface area contributed by atoms with Gasteiger partial charge in [0.15, 0.2) is 0 Å². The van der Waals surface area contributed by atoms with Crippen molar-refractivity contribution in [2.24, 2.45) is 11.7 Å². The highest BCUT2D eigenvalue weighted by Crippen LogP contribution is 2.35. The Balaban J connectivity index is 1.70. The molecule has 1 fully saturated rings. The molecule has 2 atom stereocenters. The second-order valence-corrected chi connectivity index (χ2v) is 6.36. The molecular weight excluding hydrogens is 292 g/mol. The van der Waals surface area contributed by atoms with Gasteiger partial charge >= 0.3 is 0 Å². The lowest BCUT2D eigenvalue weighted by atomic mass is 9.91. The van der Waals surface area contributed by atoms with E-state index in [9.17, 15) is 4.79 Å². The number of amides is 1. The van der Waals surface area contributed by atoms with Gasteiger partial charge in [-0.2, -0.15) is 0 Å². The molecule has 2 unspecified atom stereocenters. The SMILES string of the molecule is CCc1cccc2c1OCCC2NC(=O)C(N)C1CCOCC1. The molecule has 23 heavy (non-hydrogen) atoms. The molecule has 0 radical (unpaired) electrons. The first kappa shape index (κ1) is 16.3. The summed E-state index contributed by atoms with van der Waals surface area (Å²) in [6, 6.07) is 5.68. The molecule has 1 saturated heterocycles. The first-order valence-electron chi connectivity index (χ1n) is 8.59. The summed E-state index contributed by atoms with van der Waals surface area (Å²) in [6.07, 6.45) is 3.43. The molecule has 5 heteroatoms. The van der Waals surface area contributed by atoms with Crippen LogP contribution in [-0.2, 0) is 16.0 Å². The third-order valence-electron chi connectivity index (χ3n) is 4.93. The third kappa shape index (κ3) is 3.51. The van der Waals surface area contributed by atoms with Gasteiger partial charge in [0.05, 0.1) is 18.7 Å². The summed E-state index contributed by atoms with van der Waals surface area (Å²) in [5, 5.41) is 3.14. The van der Waals surface area contributed by atoms with Crippen molar-refractivity contribution < 1.29 is 14.3 Å². The quantitative estimate of drug-likeness (QED) is 0.890. The van der Waals surface area contributed by atoms with Crippen molar-refractivity contribution in [1.29, 1.82) is 0 Å². The zero-order valence-electron chi connectivity index (χ0n) is 13.7. The normalized spacial score (nSPS) is 22.8. The maximum atomic E-state index is 12.6. The first-order valence-corrected chi connectivity index (χ1v) is 8.59. The molecule has 0 saturated carbocycles. The Bertz CT molecular complexity index is 555. The number of fused-ring (bicyclic) bond motifs is 1. The topological polar surface area (TPSA) is 73.6 Å². The molecule has 2 aliphatic rings. The maximum absolute atomic E-state index is 12.6. The van der Waals surface area contributed by atoms with Crippen molar-refractivity contribution in [3.63, 3.8) is 0 Å². The summed E-state index contributed by atoms with van der Waals surface area (Å²) in [6.45, 7) is 4.14. The van der Waals surface area contributed by atoms with Gasteiger partial charge in [0.1, 0.15) is 5.75 Å². The third-order valence-corrected chi connectivity index (χ3v) is 4.93. The van der Waals surface area contributed by atoms with Crippen LogP contribution in [-0.4, -0.2) is 31.8 Å². The molecule has 0 aliphatic carbocycles. The van der Waals surface area contributed by atoms with E-state index in [1.54, 1.807) is 0 Å². The van der Waals surface area contributed by atoms with Gasteiger partial charge in [-0.3, -0.25) is 4.79 Å². The number of carbonyl (C=O) groups excluding carboxylic acids is 1. The summed E-state index contributed by atoms with van der Waals surface area (Å²) in [4.78, 5) is 12.6. The number of carbonyl (C=O) groups is 1. The van der Waals surface area contributed by atoms with E-state index in [0.717, 1.165) is 37.0 Å². The predicted octanol–water partition coefficient (Wildman–Crippen LogP) is 1.94. The van der Waals surface area contributed by atoms with Crippen LogP contribution >= 0.6 is 0 Å². The smallest absolute Gasteiger partial charge is 0.237 e. The van der Waals surface area contributed by atoms with Gasteiger partial charge in [-0.15, -0.1) is 0 Å². The average Bonchev–Trinajstić information content (AvgIpc) is 2.61. The highest BCUT2D eigenvalue weighted by molar-refractivity contribution is 5.82. The van der Waals surface area contributed by atoms with Gasteiger partial charge in [-0.1, -0.05) is 25.1 Å². The monoisotopic (exact) mass is 318 g/mol. The highest BCUT2D eigenvalue weighted by Gasteiger charge is 2.30. The Hall–Kier alpha value is -1.59. The fourth-order valence-electron chi connectivity index (χ4n) is 3.47. The van der Waals surface area contributed by atoms with Gasteiger partial charge < -0.3 is 20.5 Å². The molecule has 3 rings (SSSR count). The average molecular weight is 318 g/mol. The molecule has 1 amide bonds. The number of benzene rings is 1. The van der Waals surface area contributed by atoms with Gasteiger partial charge in [-0.05, 0) is 30.7 Å². The van der Waals surface area contributed by atoms with Crippen LogP contribution < -0.4 is 15.8 Å². The van der Waals surface area contributed by atoms with Crippen molar-refractivity contribution in [3.05, 3.63) is 29.3 Å². The maximum Gasteiger partial charge on any atom is 0.237 e. The summed E-state index contributed by atoms with van der Waals surface area (Å²) in [7, 11) is 0. The predicted molar refractivity (Wildman–Crippen MR) is 88.3 cm³/mol. The molecule has 2 aliphatic heterocycles. The zero-order chi connectivity index (χ0) is 16.2. The Kier molecular flexibility index (Phi) is 5.18. The molecule has 5 nitrogen and oxygen atoms in total. The Labute approximate surface area is 137 Å². The largest absolute Gasteiger partial charge is 0.493 e. The van der Waals surface area contributed by atoms with Crippen LogP contribution in [0.5, 0.6) is 5.75 Å². The molecular formula is C18H26N2O3. The van der Waals surface area contributed by atoms with E-state index in [2.05, 4.69) is 18.3 Å². The van der Waals surface area contributed by atoms with Crippen molar-refractivity contribution in [2.75, 3.05) is 19.8 Å².